The first-order valence-corrected chi connectivity index (χ1v) is 6.94. The van der Waals surface area contributed by atoms with E-state index >= 15 is 0 Å². The predicted octanol–water partition coefficient (Wildman–Crippen LogP) is 2.94. The number of hydrogen-bond donors (Lipinski definition) is 2. The second kappa shape index (κ2) is 6.03. The fourth-order valence-corrected chi connectivity index (χ4v) is 2.26. The number of aromatic amines is 1. The lowest BCUT2D eigenvalue weighted by Crippen LogP contribution is -2.17. The Balaban J connectivity index is 1.55. The summed E-state index contributed by atoms with van der Waals surface area (Å²) >= 11 is 5.95. The minimum atomic E-state index is 0.707. The number of fused-ring (bicyclic) bond motifs is 1. The van der Waals surface area contributed by atoms with E-state index in [-0.39, 0.29) is 0 Å². The quantitative estimate of drug-likeness (QED) is 0.709. The smallest absolute Gasteiger partial charge is 0.121 e. The van der Waals surface area contributed by atoms with Crippen LogP contribution in [0.1, 0.15) is 11.5 Å². The third kappa shape index (κ3) is 3.15. The molecule has 3 aromatic rings. The van der Waals surface area contributed by atoms with Gasteiger partial charge in [-0.15, -0.1) is 0 Å². The number of hydrogen-bond acceptors (Lipinski definition) is 3. The van der Waals surface area contributed by atoms with Crippen molar-refractivity contribution < 1.29 is 0 Å². The zero-order chi connectivity index (χ0) is 13.8. The maximum atomic E-state index is 5.95. The average Bonchev–Trinajstić information content (AvgIpc) is 2.86. The monoisotopic (exact) mass is 286 g/mol. The third-order valence-corrected chi connectivity index (χ3v) is 3.30. The van der Waals surface area contributed by atoms with Crippen molar-refractivity contribution in [3.8, 4) is 0 Å². The molecule has 0 aliphatic carbocycles. The van der Waals surface area contributed by atoms with Crippen LogP contribution < -0.4 is 5.32 Å². The summed E-state index contributed by atoms with van der Waals surface area (Å²) in [7, 11) is 0. The summed E-state index contributed by atoms with van der Waals surface area (Å²) in [5, 5.41) is 4.08. The maximum Gasteiger partial charge on any atom is 0.121 e. The molecule has 0 radical (unpaired) electrons. The van der Waals surface area contributed by atoms with Crippen LogP contribution in [0.25, 0.3) is 11.0 Å². The van der Waals surface area contributed by atoms with Gasteiger partial charge in [0.1, 0.15) is 5.82 Å². The zero-order valence-corrected chi connectivity index (χ0v) is 11.7. The molecule has 0 fully saturated rings. The van der Waals surface area contributed by atoms with Gasteiger partial charge >= 0.3 is 0 Å². The number of benzene rings is 1. The molecule has 0 atom stereocenters. The van der Waals surface area contributed by atoms with Gasteiger partial charge in [-0.25, -0.2) is 4.98 Å². The minimum Gasteiger partial charge on any atom is -0.341 e. The van der Waals surface area contributed by atoms with E-state index in [2.05, 4.69) is 20.3 Å². The predicted molar refractivity (Wildman–Crippen MR) is 80.8 cm³/mol. The summed E-state index contributed by atoms with van der Waals surface area (Å²) in [4.78, 5) is 12.1. The van der Waals surface area contributed by atoms with E-state index < -0.39 is 0 Å². The van der Waals surface area contributed by atoms with Crippen LogP contribution >= 0.6 is 11.6 Å². The van der Waals surface area contributed by atoms with E-state index in [9.17, 15) is 0 Å². The molecule has 0 aliphatic heterocycles. The first kappa shape index (κ1) is 13.1. The molecule has 5 heteroatoms. The highest BCUT2D eigenvalue weighted by atomic mass is 35.5. The standard InChI is InChI=1S/C15H15ClN4/c16-11-4-5-13-14(9-11)20-15(19-13)10-17-8-6-12-3-1-2-7-18-12/h1-5,7,9,17H,6,8,10H2,(H,19,20). The van der Waals surface area contributed by atoms with Gasteiger partial charge in [0.25, 0.3) is 0 Å². The zero-order valence-electron chi connectivity index (χ0n) is 10.9. The summed E-state index contributed by atoms with van der Waals surface area (Å²) in [5.74, 6) is 0.920. The maximum absolute atomic E-state index is 5.95. The second-order valence-corrected chi connectivity index (χ2v) is 5.03. The molecule has 102 valence electrons. The Kier molecular flexibility index (Phi) is 3.95. The van der Waals surface area contributed by atoms with Gasteiger partial charge in [0.2, 0.25) is 0 Å². The van der Waals surface area contributed by atoms with Crippen LogP contribution in [-0.4, -0.2) is 21.5 Å². The fraction of sp³-hybridized carbons (Fsp3) is 0.200. The van der Waals surface area contributed by atoms with Crippen molar-refractivity contribution in [2.45, 2.75) is 13.0 Å². The summed E-state index contributed by atoms with van der Waals surface area (Å²) in [6.45, 7) is 1.58. The Morgan fingerprint density at radius 2 is 2.15 bits per heavy atom. The molecule has 2 aromatic heterocycles. The molecule has 0 amide bonds. The average molecular weight is 287 g/mol. The number of nitrogens with one attached hydrogen (secondary N) is 2. The van der Waals surface area contributed by atoms with Crippen LogP contribution in [0.15, 0.2) is 42.6 Å². The Morgan fingerprint density at radius 3 is 3.00 bits per heavy atom. The molecule has 1 aromatic carbocycles. The molecular weight excluding hydrogens is 272 g/mol. The summed E-state index contributed by atoms with van der Waals surface area (Å²) in [5.41, 5.74) is 3.01. The van der Waals surface area contributed by atoms with Gasteiger partial charge < -0.3 is 10.3 Å². The SMILES string of the molecule is Clc1ccc2nc(CNCCc3ccccn3)[nH]c2c1. The van der Waals surface area contributed by atoms with E-state index in [1.165, 1.54) is 0 Å². The first-order valence-electron chi connectivity index (χ1n) is 6.56. The lowest BCUT2D eigenvalue weighted by molar-refractivity contribution is 0.660. The van der Waals surface area contributed by atoms with E-state index in [0.29, 0.717) is 6.54 Å². The van der Waals surface area contributed by atoms with E-state index in [0.717, 1.165) is 40.5 Å². The minimum absolute atomic E-state index is 0.707. The number of imidazole rings is 1. The van der Waals surface area contributed by atoms with Crippen molar-refractivity contribution in [1.82, 2.24) is 20.3 Å². The molecule has 0 spiro atoms. The van der Waals surface area contributed by atoms with Gasteiger partial charge in [-0.3, -0.25) is 4.98 Å². The number of rotatable bonds is 5. The Hall–Kier alpha value is -1.91. The van der Waals surface area contributed by atoms with Crippen molar-refractivity contribution in [3.05, 3.63) is 59.1 Å². The highest BCUT2D eigenvalue weighted by Crippen LogP contribution is 2.16. The van der Waals surface area contributed by atoms with Gasteiger partial charge in [0, 0.05) is 29.9 Å². The number of nitrogens with zero attached hydrogens (tertiary/aromatic N) is 2. The molecule has 0 saturated carbocycles. The van der Waals surface area contributed by atoms with Crippen molar-refractivity contribution in [1.29, 1.82) is 0 Å². The van der Waals surface area contributed by atoms with Crippen molar-refractivity contribution >= 4 is 22.6 Å². The first-order chi connectivity index (χ1) is 9.81. The molecule has 0 bridgehead atoms. The van der Waals surface area contributed by atoms with E-state index in [1.807, 2.05) is 42.6 Å². The summed E-state index contributed by atoms with van der Waals surface area (Å²) < 4.78 is 0. The van der Waals surface area contributed by atoms with E-state index in [4.69, 9.17) is 11.6 Å². The molecule has 3 rings (SSSR count). The number of pyridine rings is 1. The molecule has 2 heterocycles. The third-order valence-electron chi connectivity index (χ3n) is 3.07. The van der Waals surface area contributed by atoms with Crippen LogP contribution in [0.4, 0.5) is 0 Å². The van der Waals surface area contributed by atoms with Gasteiger partial charge in [-0.1, -0.05) is 17.7 Å². The second-order valence-electron chi connectivity index (χ2n) is 4.59. The number of halogens is 1. The summed E-state index contributed by atoms with van der Waals surface area (Å²) in [6.07, 6.45) is 2.73. The molecule has 0 unspecified atom stereocenters. The van der Waals surface area contributed by atoms with Gasteiger partial charge in [-0.05, 0) is 30.3 Å². The molecule has 4 nitrogen and oxygen atoms in total. The van der Waals surface area contributed by atoms with Gasteiger partial charge in [0.15, 0.2) is 0 Å². The molecular formula is C15H15ClN4. The molecule has 20 heavy (non-hydrogen) atoms. The van der Waals surface area contributed by atoms with Crippen molar-refractivity contribution in [3.63, 3.8) is 0 Å². The highest BCUT2D eigenvalue weighted by molar-refractivity contribution is 6.31. The van der Waals surface area contributed by atoms with Crippen molar-refractivity contribution in [2.24, 2.45) is 0 Å². The van der Waals surface area contributed by atoms with Crippen LogP contribution in [0.2, 0.25) is 5.02 Å². The number of aromatic nitrogens is 3. The Labute approximate surface area is 122 Å². The normalized spacial score (nSPS) is 11.1. The van der Waals surface area contributed by atoms with Gasteiger partial charge in [-0.2, -0.15) is 0 Å². The Bertz CT molecular complexity index is 693. The highest BCUT2D eigenvalue weighted by Gasteiger charge is 2.02. The molecule has 0 saturated heterocycles. The lowest BCUT2D eigenvalue weighted by Gasteiger charge is -2.02. The lowest BCUT2D eigenvalue weighted by atomic mass is 10.3. The molecule has 2 N–H and O–H groups in total. The largest absolute Gasteiger partial charge is 0.341 e. The van der Waals surface area contributed by atoms with Crippen LogP contribution in [0.3, 0.4) is 0 Å². The summed E-state index contributed by atoms with van der Waals surface area (Å²) in [6, 6.07) is 11.6. The number of H-pyrrole nitrogens is 1. The fourth-order valence-electron chi connectivity index (χ4n) is 2.09. The van der Waals surface area contributed by atoms with Gasteiger partial charge in [0.05, 0.1) is 17.6 Å². The van der Waals surface area contributed by atoms with Crippen LogP contribution in [0.5, 0.6) is 0 Å². The molecule has 0 aliphatic rings. The Morgan fingerprint density at radius 1 is 1.20 bits per heavy atom. The van der Waals surface area contributed by atoms with Crippen molar-refractivity contribution in [2.75, 3.05) is 6.54 Å². The van der Waals surface area contributed by atoms with Crippen LogP contribution in [-0.2, 0) is 13.0 Å². The topological polar surface area (TPSA) is 53.6 Å². The van der Waals surface area contributed by atoms with Crippen LogP contribution in [0, 0.1) is 0 Å². The van der Waals surface area contributed by atoms with E-state index in [1.54, 1.807) is 0 Å².